The summed E-state index contributed by atoms with van der Waals surface area (Å²) in [6.45, 7) is 0. The van der Waals surface area contributed by atoms with Gasteiger partial charge in [-0.15, -0.1) is 0 Å². The smallest absolute Gasteiger partial charge is 0.266 e. The van der Waals surface area contributed by atoms with Crippen LogP contribution in [-0.2, 0) is 9.73 Å². The van der Waals surface area contributed by atoms with Gasteiger partial charge in [0.1, 0.15) is 0 Å². The highest BCUT2D eigenvalue weighted by atomic mass is 35.5. The molecule has 0 saturated heterocycles. The first-order valence-corrected chi connectivity index (χ1v) is 10.8. The van der Waals surface area contributed by atoms with E-state index in [4.69, 9.17) is 23.2 Å². The van der Waals surface area contributed by atoms with E-state index in [1.54, 1.807) is 48.5 Å². The lowest BCUT2D eigenvalue weighted by molar-refractivity contribution is 0.100. The zero-order valence-electron chi connectivity index (χ0n) is 14.7. The highest BCUT2D eigenvalue weighted by Crippen LogP contribution is 2.17. The average molecular weight is 429 g/mol. The molecule has 0 aliphatic heterocycles. The monoisotopic (exact) mass is 428 g/mol. The molecule has 0 saturated carbocycles. The second-order valence-corrected chi connectivity index (χ2v) is 9.01. The number of hydrogen-bond donors (Lipinski definition) is 0. The van der Waals surface area contributed by atoms with E-state index in [0.717, 1.165) is 5.56 Å². The molecule has 28 heavy (non-hydrogen) atoms. The van der Waals surface area contributed by atoms with Crippen LogP contribution < -0.4 is 0 Å². The Morgan fingerprint density at radius 2 is 1.68 bits per heavy atom. The third kappa shape index (κ3) is 5.20. The summed E-state index contributed by atoms with van der Waals surface area (Å²) in [5, 5.41) is 1.10. The standard InChI is InChI=1S/C21H14Cl2N2O2S/c1-28(27,20-9-7-18(22)8-10-20)25-21(26)17-11-16(13-24-14-17)6-5-15-3-2-4-19(23)12-15/h2-4,7-14H,1H3. The number of halogens is 2. The first-order valence-electron chi connectivity index (χ1n) is 8.08. The summed E-state index contributed by atoms with van der Waals surface area (Å²) in [7, 11) is -2.91. The van der Waals surface area contributed by atoms with Crippen molar-refractivity contribution >= 4 is 38.8 Å². The molecule has 0 N–H and O–H groups in total. The second-order valence-electron chi connectivity index (χ2n) is 5.88. The fourth-order valence-electron chi connectivity index (χ4n) is 2.29. The molecule has 140 valence electrons. The van der Waals surface area contributed by atoms with Gasteiger partial charge in [-0.25, -0.2) is 4.21 Å². The molecule has 0 aliphatic rings. The van der Waals surface area contributed by atoms with Crippen molar-refractivity contribution in [3.05, 3.63) is 93.7 Å². The molecule has 1 heterocycles. The molecule has 0 radical (unpaired) electrons. The number of nitrogens with zero attached hydrogens (tertiary/aromatic N) is 2. The Hall–Kier alpha value is -2.65. The van der Waals surface area contributed by atoms with Crippen molar-refractivity contribution in [1.29, 1.82) is 0 Å². The van der Waals surface area contributed by atoms with Gasteiger partial charge in [0.15, 0.2) is 0 Å². The minimum Gasteiger partial charge on any atom is -0.266 e. The van der Waals surface area contributed by atoms with Crippen LogP contribution in [0.2, 0.25) is 10.0 Å². The Balaban J connectivity index is 1.88. The van der Waals surface area contributed by atoms with Crippen LogP contribution in [0.3, 0.4) is 0 Å². The van der Waals surface area contributed by atoms with Gasteiger partial charge in [-0.2, -0.15) is 4.36 Å². The molecule has 0 aliphatic carbocycles. The van der Waals surface area contributed by atoms with Gasteiger partial charge in [-0.1, -0.05) is 41.1 Å². The lowest BCUT2D eigenvalue weighted by Crippen LogP contribution is -2.04. The summed E-state index contributed by atoms with van der Waals surface area (Å²) >= 11 is 11.8. The number of carbonyl (C=O) groups excluding carboxylic acids is 1. The molecular formula is C21H14Cl2N2O2S. The quantitative estimate of drug-likeness (QED) is 0.534. The average Bonchev–Trinajstić information content (AvgIpc) is 2.67. The van der Waals surface area contributed by atoms with Crippen molar-refractivity contribution < 1.29 is 9.00 Å². The number of benzene rings is 2. The van der Waals surface area contributed by atoms with Gasteiger partial charge in [-0.3, -0.25) is 9.78 Å². The maximum Gasteiger partial charge on any atom is 0.286 e. The third-order valence-corrected chi connectivity index (χ3v) is 5.82. The normalized spacial score (nSPS) is 12.4. The summed E-state index contributed by atoms with van der Waals surface area (Å²) in [6.07, 6.45) is 4.31. The van der Waals surface area contributed by atoms with E-state index in [-0.39, 0.29) is 5.56 Å². The van der Waals surface area contributed by atoms with E-state index in [9.17, 15) is 9.00 Å². The van der Waals surface area contributed by atoms with Gasteiger partial charge in [0, 0.05) is 44.7 Å². The predicted octanol–water partition coefficient (Wildman–Crippen LogP) is 5.09. The van der Waals surface area contributed by atoms with Gasteiger partial charge in [0.2, 0.25) is 0 Å². The van der Waals surface area contributed by atoms with Crippen LogP contribution in [0.4, 0.5) is 0 Å². The number of aromatic nitrogens is 1. The Morgan fingerprint density at radius 3 is 2.39 bits per heavy atom. The van der Waals surface area contributed by atoms with Crippen LogP contribution in [0.5, 0.6) is 0 Å². The lowest BCUT2D eigenvalue weighted by atomic mass is 10.1. The lowest BCUT2D eigenvalue weighted by Gasteiger charge is -2.04. The summed E-state index contributed by atoms with van der Waals surface area (Å²) < 4.78 is 16.7. The fourth-order valence-corrected chi connectivity index (χ4v) is 3.77. The topological polar surface area (TPSA) is 59.4 Å². The molecule has 3 rings (SSSR count). The third-order valence-electron chi connectivity index (χ3n) is 3.67. The van der Waals surface area contributed by atoms with Gasteiger partial charge in [-0.05, 0) is 48.5 Å². The van der Waals surface area contributed by atoms with E-state index in [0.29, 0.717) is 20.5 Å². The molecule has 3 aromatic rings. The first kappa shape index (κ1) is 20.1. The van der Waals surface area contributed by atoms with E-state index in [1.807, 2.05) is 6.07 Å². The molecular weight excluding hydrogens is 415 g/mol. The first-order chi connectivity index (χ1) is 13.3. The van der Waals surface area contributed by atoms with Crippen molar-refractivity contribution in [3.8, 4) is 11.8 Å². The minimum absolute atomic E-state index is 0.210. The largest absolute Gasteiger partial charge is 0.286 e. The zero-order chi connectivity index (χ0) is 20.1. The van der Waals surface area contributed by atoms with Crippen molar-refractivity contribution in [2.75, 3.05) is 6.26 Å². The molecule has 1 atom stereocenters. The summed E-state index contributed by atoms with van der Waals surface area (Å²) in [4.78, 5) is 17.0. The van der Waals surface area contributed by atoms with Gasteiger partial charge in [0.25, 0.3) is 5.91 Å². The van der Waals surface area contributed by atoms with Crippen LogP contribution in [0.1, 0.15) is 21.5 Å². The summed E-state index contributed by atoms with van der Waals surface area (Å²) in [6, 6.07) is 15.1. The molecule has 1 unspecified atom stereocenters. The van der Waals surface area contributed by atoms with E-state index < -0.39 is 15.6 Å². The molecule has 0 fully saturated rings. The molecule has 7 heteroatoms. The molecule has 1 aromatic heterocycles. The number of carbonyl (C=O) groups is 1. The number of hydrogen-bond acceptors (Lipinski definition) is 3. The number of amides is 1. The molecule has 0 spiro atoms. The maximum atomic E-state index is 12.8. The molecule has 2 aromatic carbocycles. The SMILES string of the molecule is CS(=O)(=NC(=O)c1cncc(C#Cc2cccc(Cl)c2)c1)c1ccc(Cl)cc1. The molecule has 1 amide bonds. The van der Waals surface area contributed by atoms with Crippen molar-refractivity contribution in [3.63, 3.8) is 0 Å². The van der Waals surface area contributed by atoms with E-state index in [1.165, 1.54) is 18.6 Å². The highest BCUT2D eigenvalue weighted by Gasteiger charge is 2.12. The van der Waals surface area contributed by atoms with Gasteiger partial charge in [0.05, 0.1) is 15.3 Å². The Morgan fingerprint density at radius 1 is 0.964 bits per heavy atom. The van der Waals surface area contributed by atoms with Crippen LogP contribution in [0.15, 0.2) is 76.2 Å². The van der Waals surface area contributed by atoms with Crippen LogP contribution in [0, 0.1) is 11.8 Å². The van der Waals surface area contributed by atoms with Gasteiger partial charge < -0.3 is 0 Å². The van der Waals surface area contributed by atoms with E-state index >= 15 is 0 Å². The van der Waals surface area contributed by atoms with Gasteiger partial charge >= 0.3 is 0 Å². The maximum absolute atomic E-state index is 12.8. The Bertz CT molecular complexity index is 1220. The molecule has 4 nitrogen and oxygen atoms in total. The van der Waals surface area contributed by atoms with Crippen LogP contribution in [-0.4, -0.2) is 21.4 Å². The van der Waals surface area contributed by atoms with Crippen LogP contribution in [0.25, 0.3) is 0 Å². The Labute approximate surface area is 173 Å². The van der Waals surface area contributed by atoms with Crippen molar-refractivity contribution in [2.45, 2.75) is 4.90 Å². The second kappa shape index (κ2) is 8.57. The van der Waals surface area contributed by atoms with E-state index in [2.05, 4.69) is 21.2 Å². The minimum atomic E-state index is -2.91. The summed E-state index contributed by atoms with van der Waals surface area (Å²) in [5.74, 6) is 5.27. The van der Waals surface area contributed by atoms with Crippen LogP contribution >= 0.6 is 23.2 Å². The highest BCUT2D eigenvalue weighted by molar-refractivity contribution is 7.93. The fraction of sp³-hybridized carbons (Fsp3) is 0.0476. The number of rotatable bonds is 2. The van der Waals surface area contributed by atoms with Crippen molar-refractivity contribution in [2.24, 2.45) is 4.36 Å². The Kier molecular flexibility index (Phi) is 6.15. The summed E-state index contributed by atoms with van der Waals surface area (Å²) in [5.41, 5.74) is 1.49. The predicted molar refractivity (Wildman–Crippen MR) is 112 cm³/mol. The molecule has 0 bridgehead atoms. The number of pyridine rings is 1. The zero-order valence-corrected chi connectivity index (χ0v) is 17.1. The van der Waals surface area contributed by atoms with Crippen molar-refractivity contribution in [1.82, 2.24) is 4.98 Å².